The van der Waals surface area contributed by atoms with Crippen LogP contribution in [0.15, 0.2) is 21.5 Å². The molecule has 0 spiro atoms. The van der Waals surface area contributed by atoms with E-state index in [0.29, 0.717) is 6.54 Å². The van der Waals surface area contributed by atoms with Gasteiger partial charge in [-0.05, 0) is 48.8 Å². The van der Waals surface area contributed by atoms with Gasteiger partial charge in [0.15, 0.2) is 0 Å². The van der Waals surface area contributed by atoms with E-state index in [2.05, 4.69) is 15.9 Å². The molecule has 1 rings (SSSR count). The first-order valence-electron chi connectivity index (χ1n) is 5.84. The van der Waals surface area contributed by atoms with Gasteiger partial charge < -0.3 is 4.90 Å². The third kappa shape index (κ3) is 3.87. The standard InChI is InChI=1S/C12H14BrCl2NO3S/c1-4-16(7(2)3)12(17)8-5-11(20(15,18)19)9(13)6-10(8)14/h5-7H,4H2,1-3H3. The molecule has 0 saturated heterocycles. The van der Waals surface area contributed by atoms with Gasteiger partial charge in [-0.15, -0.1) is 0 Å². The van der Waals surface area contributed by atoms with Gasteiger partial charge in [0, 0.05) is 27.7 Å². The van der Waals surface area contributed by atoms with Gasteiger partial charge in [-0.3, -0.25) is 4.79 Å². The third-order valence-corrected chi connectivity index (χ3v) is 5.33. The van der Waals surface area contributed by atoms with Crippen LogP contribution >= 0.6 is 38.2 Å². The maximum Gasteiger partial charge on any atom is 0.262 e. The lowest BCUT2D eigenvalue weighted by Gasteiger charge is -2.25. The topological polar surface area (TPSA) is 54.5 Å². The number of nitrogens with zero attached hydrogens (tertiary/aromatic N) is 1. The van der Waals surface area contributed by atoms with Crippen molar-refractivity contribution in [3.05, 3.63) is 27.2 Å². The van der Waals surface area contributed by atoms with E-state index in [1.165, 1.54) is 12.1 Å². The number of rotatable bonds is 4. The second-order valence-electron chi connectivity index (χ2n) is 4.39. The summed E-state index contributed by atoms with van der Waals surface area (Å²) in [5.74, 6) is -0.332. The summed E-state index contributed by atoms with van der Waals surface area (Å²) in [6.45, 7) is 6.07. The zero-order valence-electron chi connectivity index (χ0n) is 11.2. The van der Waals surface area contributed by atoms with Crippen molar-refractivity contribution in [1.82, 2.24) is 4.90 Å². The molecule has 1 aromatic rings. The molecule has 1 amide bonds. The first-order valence-corrected chi connectivity index (χ1v) is 9.32. The van der Waals surface area contributed by atoms with Gasteiger partial charge >= 0.3 is 0 Å². The van der Waals surface area contributed by atoms with Crippen molar-refractivity contribution in [2.75, 3.05) is 6.54 Å². The molecule has 112 valence electrons. The zero-order valence-corrected chi connectivity index (χ0v) is 15.1. The Labute approximate surface area is 136 Å². The summed E-state index contributed by atoms with van der Waals surface area (Å²) in [5, 5.41) is 0.171. The van der Waals surface area contributed by atoms with Crippen LogP contribution in [0.3, 0.4) is 0 Å². The summed E-state index contributed by atoms with van der Waals surface area (Å²) in [4.78, 5) is 13.8. The molecule has 20 heavy (non-hydrogen) atoms. The molecule has 0 radical (unpaired) electrons. The molecular formula is C12H14BrCl2NO3S. The molecule has 0 heterocycles. The maximum atomic E-state index is 12.4. The highest BCUT2D eigenvalue weighted by Crippen LogP contribution is 2.31. The predicted molar refractivity (Wildman–Crippen MR) is 84.0 cm³/mol. The van der Waals surface area contributed by atoms with Gasteiger partial charge in [-0.1, -0.05) is 11.6 Å². The highest BCUT2D eigenvalue weighted by atomic mass is 79.9. The van der Waals surface area contributed by atoms with Gasteiger partial charge in [-0.25, -0.2) is 8.42 Å². The second-order valence-corrected chi connectivity index (χ2v) is 8.18. The second kappa shape index (κ2) is 6.64. The monoisotopic (exact) mass is 401 g/mol. The minimum Gasteiger partial charge on any atom is -0.336 e. The Morgan fingerprint density at radius 3 is 2.35 bits per heavy atom. The number of amides is 1. The van der Waals surface area contributed by atoms with Gasteiger partial charge in [-0.2, -0.15) is 0 Å². The first kappa shape index (κ1) is 17.8. The van der Waals surface area contributed by atoms with Crippen molar-refractivity contribution in [3.8, 4) is 0 Å². The first-order chi connectivity index (χ1) is 9.09. The van der Waals surface area contributed by atoms with E-state index in [1.807, 2.05) is 20.8 Å². The predicted octanol–water partition coefficient (Wildman–Crippen LogP) is 3.90. The number of carbonyl (C=O) groups is 1. The van der Waals surface area contributed by atoms with Crippen molar-refractivity contribution in [2.24, 2.45) is 0 Å². The highest BCUT2D eigenvalue weighted by molar-refractivity contribution is 9.10. The van der Waals surface area contributed by atoms with E-state index in [1.54, 1.807) is 4.90 Å². The van der Waals surface area contributed by atoms with Crippen LogP contribution in [0.2, 0.25) is 5.02 Å². The Balaban J connectivity index is 3.43. The van der Waals surface area contributed by atoms with Crippen LogP contribution in [0.1, 0.15) is 31.1 Å². The molecule has 0 aliphatic carbocycles. The molecule has 0 atom stereocenters. The lowest BCUT2D eigenvalue weighted by Crippen LogP contribution is -2.36. The molecule has 0 aliphatic rings. The van der Waals surface area contributed by atoms with Gasteiger partial charge in [0.2, 0.25) is 0 Å². The summed E-state index contributed by atoms with van der Waals surface area (Å²) in [5.41, 5.74) is 0.115. The van der Waals surface area contributed by atoms with Crippen molar-refractivity contribution in [1.29, 1.82) is 0 Å². The molecule has 0 fully saturated rings. The maximum absolute atomic E-state index is 12.4. The van der Waals surface area contributed by atoms with E-state index < -0.39 is 9.05 Å². The minimum absolute atomic E-state index is 0.0247. The number of carbonyl (C=O) groups excluding carboxylic acids is 1. The molecule has 0 saturated carbocycles. The number of benzene rings is 1. The Hall–Kier alpha value is -0.300. The van der Waals surface area contributed by atoms with E-state index in [-0.39, 0.29) is 31.9 Å². The summed E-state index contributed by atoms with van der Waals surface area (Å²) in [6.07, 6.45) is 0. The van der Waals surface area contributed by atoms with Crippen molar-refractivity contribution >= 4 is 53.2 Å². The molecule has 0 aliphatic heterocycles. The third-order valence-electron chi connectivity index (χ3n) is 2.74. The Morgan fingerprint density at radius 1 is 1.40 bits per heavy atom. The Bertz CT molecular complexity index is 632. The molecular weight excluding hydrogens is 389 g/mol. The van der Waals surface area contributed by atoms with Crippen LogP contribution in [-0.2, 0) is 9.05 Å². The molecule has 0 aromatic heterocycles. The summed E-state index contributed by atoms with van der Waals surface area (Å²) < 4.78 is 23.2. The smallest absolute Gasteiger partial charge is 0.262 e. The van der Waals surface area contributed by atoms with E-state index in [9.17, 15) is 13.2 Å². The van der Waals surface area contributed by atoms with Crippen molar-refractivity contribution in [3.63, 3.8) is 0 Å². The zero-order chi connectivity index (χ0) is 15.7. The average Bonchev–Trinajstić information content (AvgIpc) is 2.27. The van der Waals surface area contributed by atoms with E-state index >= 15 is 0 Å². The molecule has 8 heteroatoms. The fraction of sp³-hybridized carbons (Fsp3) is 0.417. The SMILES string of the molecule is CCN(C(=O)c1cc(S(=O)(=O)Cl)c(Br)cc1Cl)C(C)C. The van der Waals surface area contributed by atoms with E-state index in [4.69, 9.17) is 22.3 Å². The van der Waals surface area contributed by atoms with Crippen LogP contribution in [0, 0.1) is 0 Å². The summed E-state index contributed by atoms with van der Waals surface area (Å²) >= 11 is 9.11. The fourth-order valence-corrected chi connectivity index (χ4v) is 4.35. The van der Waals surface area contributed by atoms with Gasteiger partial charge in [0.1, 0.15) is 0 Å². The quantitative estimate of drug-likeness (QED) is 0.717. The summed E-state index contributed by atoms with van der Waals surface area (Å²) in [6, 6.07) is 2.53. The normalized spacial score (nSPS) is 11.8. The van der Waals surface area contributed by atoms with Crippen LogP contribution in [0.25, 0.3) is 0 Å². The van der Waals surface area contributed by atoms with E-state index in [0.717, 1.165) is 0 Å². The Kier molecular flexibility index (Phi) is 5.89. The minimum atomic E-state index is -3.96. The van der Waals surface area contributed by atoms with Crippen LogP contribution in [0.5, 0.6) is 0 Å². The average molecular weight is 403 g/mol. The summed E-state index contributed by atoms with van der Waals surface area (Å²) in [7, 11) is 1.38. The number of hydrogen-bond acceptors (Lipinski definition) is 3. The van der Waals surface area contributed by atoms with Gasteiger partial charge in [0.25, 0.3) is 15.0 Å². The fourth-order valence-electron chi connectivity index (χ4n) is 1.78. The number of hydrogen-bond donors (Lipinski definition) is 0. The van der Waals surface area contributed by atoms with Crippen LogP contribution < -0.4 is 0 Å². The molecule has 0 bridgehead atoms. The van der Waals surface area contributed by atoms with Crippen LogP contribution in [0.4, 0.5) is 0 Å². The largest absolute Gasteiger partial charge is 0.336 e. The number of halogens is 3. The van der Waals surface area contributed by atoms with Crippen LogP contribution in [-0.4, -0.2) is 31.8 Å². The van der Waals surface area contributed by atoms with Crippen molar-refractivity contribution < 1.29 is 13.2 Å². The molecule has 0 unspecified atom stereocenters. The van der Waals surface area contributed by atoms with Crippen molar-refractivity contribution in [2.45, 2.75) is 31.7 Å². The molecule has 0 N–H and O–H groups in total. The van der Waals surface area contributed by atoms with Gasteiger partial charge in [0.05, 0.1) is 15.5 Å². The highest BCUT2D eigenvalue weighted by Gasteiger charge is 2.24. The molecule has 4 nitrogen and oxygen atoms in total. The lowest BCUT2D eigenvalue weighted by atomic mass is 10.1. The Morgan fingerprint density at radius 2 is 1.95 bits per heavy atom. The molecule has 1 aromatic carbocycles. The lowest BCUT2D eigenvalue weighted by molar-refractivity contribution is 0.0717.